The van der Waals surface area contributed by atoms with E-state index in [4.69, 9.17) is 9.47 Å². The maximum absolute atomic E-state index is 13.7. The molecule has 0 aliphatic carbocycles. The minimum atomic E-state index is -0.344. The number of urea groups is 1. The third kappa shape index (κ3) is 7.57. The summed E-state index contributed by atoms with van der Waals surface area (Å²) in [6.07, 6.45) is 1.75. The second kappa shape index (κ2) is 13.3. The Labute approximate surface area is 223 Å². The van der Waals surface area contributed by atoms with Gasteiger partial charge in [0.2, 0.25) is 5.91 Å². The molecule has 1 atom stereocenters. The summed E-state index contributed by atoms with van der Waals surface area (Å²) < 4.78 is 11.5. The monoisotopic (exact) mass is 521 g/mol. The van der Waals surface area contributed by atoms with Gasteiger partial charge in [0.15, 0.2) is 0 Å². The molecule has 3 aromatic rings. The number of ether oxygens (including phenoxy) is 2. The van der Waals surface area contributed by atoms with E-state index in [9.17, 15) is 9.59 Å². The Balaban J connectivity index is 1.53. The number of hydrogen-bond acceptors (Lipinski definition) is 5. The van der Waals surface area contributed by atoms with Gasteiger partial charge in [-0.1, -0.05) is 42.5 Å². The van der Waals surface area contributed by atoms with E-state index in [1.165, 1.54) is 0 Å². The van der Waals surface area contributed by atoms with Crippen molar-refractivity contribution < 1.29 is 19.1 Å². The third-order valence-electron chi connectivity index (χ3n) is 6.36. The predicted octanol–water partition coefficient (Wildman–Crippen LogP) is 5.70. The molecule has 8 heteroatoms. The molecule has 2 aromatic carbocycles. The summed E-state index contributed by atoms with van der Waals surface area (Å²) >= 11 is 1.64. The lowest BCUT2D eigenvalue weighted by Gasteiger charge is -2.29. The van der Waals surface area contributed by atoms with Gasteiger partial charge in [0, 0.05) is 24.6 Å². The molecule has 1 fully saturated rings. The van der Waals surface area contributed by atoms with Crippen LogP contribution in [0.5, 0.6) is 5.75 Å². The zero-order chi connectivity index (χ0) is 26.0. The highest BCUT2D eigenvalue weighted by Crippen LogP contribution is 2.25. The van der Waals surface area contributed by atoms with E-state index in [1.54, 1.807) is 22.3 Å². The van der Waals surface area contributed by atoms with Crippen molar-refractivity contribution in [1.82, 2.24) is 9.80 Å². The van der Waals surface area contributed by atoms with Crippen LogP contribution in [0.1, 0.15) is 35.8 Å². The van der Waals surface area contributed by atoms with Crippen LogP contribution in [0.3, 0.4) is 0 Å². The first kappa shape index (κ1) is 26.7. The first-order chi connectivity index (χ1) is 18.0. The Morgan fingerprint density at radius 3 is 2.54 bits per heavy atom. The zero-order valence-corrected chi connectivity index (χ0v) is 22.3. The fourth-order valence-corrected chi connectivity index (χ4v) is 5.26. The smallest absolute Gasteiger partial charge is 0.322 e. The topological polar surface area (TPSA) is 71.1 Å². The van der Waals surface area contributed by atoms with E-state index >= 15 is 0 Å². The molecule has 7 nitrogen and oxygen atoms in total. The molecule has 4 rings (SSSR count). The minimum Gasteiger partial charge on any atom is -0.492 e. The van der Waals surface area contributed by atoms with E-state index in [0.29, 0.717) is 44.3 Å². The van der Waals surface area contributed by atoms with Crippen LogP contribution < -0.4 is 10.1 Å². The van der Waals surface area contributed by atoms with Crippen LogP contribution in [0.15, 0.2) is 66.0 Å². The van der Waals surface area contributed by atoms with Crippen molar-refractivity contribution in [1.29, 1.82) is 0 Å². The van der Waals surface area contributed by atoms with Gasteiger partial charge >= 0.3 is 6.03 Å². The summed E-state index contributed by atoms with van der Waals surface area (Å²) in [4.78, 5) is 31.8. The number of amides is 3. The van der Waals surface area contributed by atoms with Crippen LogP contribution in [0.4, 0.5) is 10.5 Å². The molecule has 0 bridgehead atoms. The minimum absolute atomic E-state index is 0.0419. The number of nitrogens with zero attached hydrogens (tertiary/aromatic N) is 2. The molecule has 1 aliphatic heterocycles. The van der Waals surface area contributed by atoms with Crippen LogP contribution in [0.25, 0.3) is 0 Å². The SMILES string of the molecule is CCOc1ccccc1NC(=O)N(CC(=O)N(Cc1ccccc1)Cc1sccc1C)CC1CCCO1. The number of aryl methyl sites for hydroxylation is 1. The lowest BCUT2D eigenvalue weighted by atomic mass is 10.2. The lowest BCUT2D eigenvalue weighted by Crippen LogP contribution is -2.46. The van der Waals surface area contributed by atoms with Crippen molar-refractivity contribution in [2.45, 2.75) is 45.9 Å². The standard InChI is InChI=1S/C29H35N3O4S/c1-3-35-26-14-8-7-13-25(26)30-29(34)32(19-24-12-9-16-36-24)21-28(33)31(18-23-10-5-4-6-11-23)20-27-22(2)15-17-37-27/h4-8,10-11,13-15,17,24H,3,9,12,16,18-21H2,1-2H3,(H,30,34). The number of para-hydroxylation sites is 2. The molecule has 2 heterocycles. The van der Waals surface area contributed by atoms with E-state index in [-0.39, 0.29) is 24.6 Å². The van der Waals surface area contributed by atoms with Crippen LogP contribution in [-0.4, -0.2) is 54.1 Å². The largest absolute Gasteiger partial charge is 0.492 e. The van der Waals surface area contributed by atoms with Gasteiger partial charge < -0.3 is 24.6 Å². The highest BCUT2D eigenvalue weighted by atomic mass is 32.1. The molecule has 1 aromatic heterocycles. The van der Waals surface area contributed by atoms with Gasteiger partial charge in [0.05, 0.1) is 24.9 Å². The Bertz CT molecular complexity index is 1160. The molecule has 196 valence electrons. The quantitative estimate of drug-likeness (QED) is 0.352. The predicted molar refractivity (Wildman–Crippen MR) is 147 cm³/mol. The molecular weight excluding hydrogens is 486 g/mol. The van der Waals surface area contributed by atoms with Crippen molar-refractivity contribution in [3.8, 4) is 5.75 Å². The van der Waals surface area contributed by atoms with Crippen LogP contribution >= 0.6 is 11.3 Å². The first-order valence-corrected chi connectivity index (χ1v) is 13.7. The summed E-state index contributed by atoms with van der Waals surface area (Å²) in [5.74, 6) is 0.489. The molecule has 0 radical (unpaired) electrons. The molecule has 1 aliphatic rings. The van der Waals surface area contributed by atoms with Crippen molar-refractivity contribution in [2.24, 2.45) is 0 Å². The first-order valence-electron chi connectivity index (χ1n) is 12.8. The van der Waals surface area contributed by atoms with Gasteiger partial charge in [0.25, 0.3) is 0 Å². The van der Waals surface area contributed by atoms with E-state index < -0.39 is 0 Å². The average Bonchev–Trinajstić information content (AvgIpc) is 3.57. The summed E-state index contributed by atoms with van der Waals surface area (Å²) in [7, 11) is 0. The molecule has 37 heavy (non-hydrogen) atoms. The molecule has 3 amide bonds. The Morgan fingerprint density at radius 1 is 1.05 bits per heavy atom. The van der Waals surface area contributed by atoms with Crippen molar-refractivity contribution in [3.63, 3.8) is 0 Å². The number of anilines is 1. The van der Waals surface area contributed by atoms with Crippen molar-refractivity contribution >= 4 is 29.0 Å². The van der Waals surface area contributed by atoms with Gasteiger partial charge in [-0.3, -0.25) is 4.79 Å². The highest BCUT2D eigenvalue weighted by molar-refractivity contribution is 7.10. The van der Waals surface area contributed by atoms with Crippen LogP contribution in [-0.2, 0) is 22.6 Å². The Morgan fingerprint density at radius 2 is 1.84 bits per heavy atom. The summed E-state index contributed by atoms with van der Waals surface area (Å²) in [6.45, 7) is 6.41. The van der Waals surface area contributed by atoms with Crippen molar-refractivity contribution in [2.75, 3.05) is 31.6 Å². The number of rotatable bonds is 11. The number of carbonyl (C=O) groups excluding carboxylic acids is 2. The second-order valence-corrected chi connectivity index (χ2v) is 10.1. The lowest BCUT2D eigenvalue weighted by molar-refractivity contribution is -0.133. The number of hydrogen-bond donors (Lipinski definition) is 1. The fourth-order valence-electron chi connectivity index (χ4n) is 4.34. The second-order valence-electron chi connectivity index (χ2n) is 9.14. The van der Waals surface area contributed by atoms with Crippen LogP contribution in [0, 0.1) is 6.92 Å². The Kier molecular flexibility index (Phi) is 9.57. The van der Waals surface area contributed by atoms with Gasteiger partial charge in [-0.2, -0.15) is 0 Å². The molecule has 1 unspecified atom stereocenters. The molecule has 1 saturated heterocycles. The zero-order valence-electron chi connectivity index (χ0n) is 21.5. The normalized spacial score (nSPS) is 14.8. The summed E-state index contributed by atoms with van der Waals surface area (Å²) in [6, 6.07) is 19.0. The van der Waals surface area contributed by atoms with Gasteiger partial charge in [-0.15, -0.1) is 11.3 Å². The highest BCUT2D eigenvalue weighted by Gasteiger charge is 2.27. The van der Waals surface area contributed by atoms with E-state index in [0.717, 1.165) is 28.8 Å². The van der Waals surface area contributed by atoms with Gasteiger partial charge in [0.1, 0.15) is 12.3 Å². The number of benzene rings is 2. The van der Waals surface area contributed by atoms with E-state index in [1.807, 2.05) is 65.7 Å². The summed E-state index contributed by atoms with van der Waals surface area (Å²) in [5.41, 5.74) is 2.79. The third-order valence-corrected chi connectivity index (χ3v) is 7.37. The number of thiophene rings is 1. The number of nitrogens with one attached hydrogen (secondary N) is 1. The van der Waals surface area contributed by atoms with Crippen molar-refractivity contribution in [3.05, 3.63) is 82.0 Å². The van der Waals surface area contributed by atoms with E-state index in [2.05, 4.69) is 18.3 Å². The van der Waals surface area contributed by atoms with Crippen LogP contribution in [0.2, 0.25) is 0 Å². The molecule has 1 N–H and O–H groups in total. The maximum atomic E-state index is 13.7. The average molecular weight is 522 g/mol. The number of carbonyl (C=O) groups is 2. The summed E-state index contributed by atoms with van der Waals surface area (Å²) in [5, 5.41) is 5.00. The van der Waals surface area contributed by atoms with Gasteiger partial charge in [-0.05, 0) is 61.4 Å². The maximum Gasteiger partial charge on any atom is 0.322 e. The molecule has 0 saturated carbocycles. The molecule has 0 spiro atoms. The fraction of sp³-hybridized carbons (Fsp3) is 0.379. The molecular formula is C29H35N3O4S. The Hall–Kier alpha value is -3.36. The van der Waals surface area contributed by atoms with Gasteiger partial charge in [-0.25, -0.2) is 4.79 Å².